The molecule has 0 spiro atoms. The molecular weight excluding hydrogens is 479 g/mol. The smallest absolute Gasteiger partial charge is 0.225 e. The zero-order valence-corrected chi connectivity index (χ0v) is 19.9. The standard InChI is InChI=1S/C22H32N4O2.HI/c1-4-23-22(25-18-10-13-26(14-11-18)21(27)16(2)3)24-12-9-19-15-17-7-5-6-8-20(17)28-19;/h5-8,15-16,18H,4,9-14H2,1-3H3,(H2,23,24,25);1H. The number of likely N-dealkylation sites (tertiary alicyclic amines) is 1. The number of para-hydroxylation sites is 1. The summed E-state index contributed by atoms with van der Waals surface area (Å²) in [4.78, 5) is 18.8. The number of aliphatic imine (C=N–C) groups is 1. The Morgan fingerprint density at radius 1 is 1.28 bits per heavy atom. The first-order chi connectivity index (χ1) is 13.6. The average Bonchev–Trinajstić information content (AvgIpc) is 3.11. The molecule has 2 heterocycles. The van der Waals surface area contributed by atoms with Crippen LogP contribution >= 0.6 is 24.0 Å². The number of furan rings is 1. The van der Waals surface area contributed by atoms with Crippen LogP contribution in [0.1, 0.15) is 39.4 Å². The SMILES string of the molecule is CCNC(=NCCc1cc2ccccc2o1)NC1CCN(C(=O)C(C)C)CC1.I. The number of benzene rings is 1. The van der Waals surface area contributed by atoms with Crippen molar-refractivity contribution in [3.05, 3.63) is 36.1 Å². The second kappa shape index (κ2) is 11.4. The van der Waals surface area contributed by atoms with Gasteiger partial charge in [0.25, 0.3) is 0 Å². The van der Waals surface area contributed by atoms with Gasteiger partial charge in [0.1, 0.15) is 11.3 Å². The summed E-state index contributed by atoms with van der Waals surface area (Å²) in [6, 6.07) is 10.5. The molecule has 1 aromatic carbocycles. The number of nitrogens with one attached hydrogen (secondary N) is 2. The molecule has 0 radical (unpaired) electrons. The number of carbonyl (C=O) groups is 1. The first-order valence-electron chi connectivity index (χ1n) is 10.4. The molecule has 0 aliphatic carbocycles. The summed E-state index contributed by atoms with van der Waals surface area (Å²) in [5.74, 6) is 2.13. The monoisotopic (exact) mass is 512 g/mol. The minimum absolute atomic E-state index is 0. The van der Waals surface area contributed by atoms with E-state index in [0.717, 1.165) is 61.6 Å². The fraction of sp³-hybridized carbons (Fsp3) is 0.545. The lowest BCUT2D eigenvalue weighted by Crippen LogP contribution is -2.50. The normalized spacial score (nSPS) is 15.4. The third-order valence-corrected chi connectivity index (χ3v) is 5.09. The lowest BCUT2D eigenvalue weighted by molar-refractivity contribution is -0.135. The van der Waals surface area contributed by atoms with Crippen LogP contribution in [0, 0.1) is 5.92 Å². The van der Waals surface area contributed by atoms with E-state index in [1.165, 1.54) is 0 Å². The Hall–Kier alpha value is -1.77. The predicted octanol–water partition coefficient (Wildman–Crippen LogP) is 3.80. The number of guanidine groups is 1. The quantitative estimate of drug-likeness (QED) is 0.351. The number of halogens is 1. The van der Waals surface area contributed by atoms with Crippen LogP contribution in [0.15, 0.2) is 39.7 Å². The first-order valence-corrected chi connectivity index (χ1v) is 10.4. The van der Waals surface area contributed by atoms with Crippen molar-refractivity contribution in [1.29, 1.82) is 0 Å². The van der Waals surface area contributed by atoms with Crippen molar-refractivity contribution in [1.82, 2.24) is 15.5 Å². The number of carbonyl (C=O) groups excluding carboxylic acids is 1. The number of nitrogens with zero attached hydrogens (tertiary/aromatic N) is 2. The molecule has 7 heteroatoms. The van der Waals surface area contributed by atoms with Crippen LogP contribution in [0.4, 0.5) is 0 Å². The van der Waals surface area contributed by atoms with E-state index in [2.05, 4.69) is 29.7 Å². The molecule has 1 aromatic heterocycles. The first kappa shape index (κ1) is 23.5. The Morgan fingerprint density at radius 3 is 2.66 bits per heavy atom. The maximum Gasteiger partial charge on any atom is 0.225 e. The summed E-state index contributed by atoms with van der Waals surface area (Å²) in [6.45, 7) is 9.11. The lowest BCUT2D eigenvalue weighted by atomic mass is 10.0. The van der Waals surface area contributed by atoms with Gasteiger partial charge in [0, 0.05) is 49.9 Å². The Morgan fingerprint density at radius 2 is 2.00 bits per heavy atom. The molecule has 1 saturated heterocycles. The summed E-state index contributed by atoms with van der Waals surface area (Å²) in [7, 11) is 0. The van der Waals surface area contributed by atoms with Gasteiger partial charge in [-0.3, -0.25) is 9.79 Å². The molecule has 1 fully saturated rings. The van der Waals surface area contributed by atoms with Gasteiger partial charge in [-0.2, -0.15) is 0 Å². The highest BCUT2D eigenvalue weighted by molar-refractivity contribution is 14.0. The van der Waals surface area contributed by atoms with E-state index in [0.29, 0.717) is 12.6 Å². The van der Waals surface area contributed by atoms with Gasteiger partial charge in [-0.1, -0.05) is 32.0 Å². The van der Waals surface area contributed by atoms with Crippen molar-refractivity contribution in [3.63, 3.8) is 0 Å². The van der Waals surface area contributed by atoms with Crippen LogP contribution in [0.25, 0.3) is 11.0 Å². The highest BCUT2D eigenvalue weighted by Gasteiger charge is 2.24. The number of hydrogen-bond acceptors (Lipinski definition) is 3. The highest BCUT2D eigenvalue weighted by atomic mass is 127. The zero-order valence-electron chi connectivity index (χ0n) is 17.6. The molecule has 29 heavy (non-hydrogen) atoms. The van der Waals surface area contributed by atoms with Crippen LogP contribution in [0.5, 0.6) is 0 Å². The van der Waals surface area contributed by atoms with Gasteiger partial charge < -0.3 is 20.0 Å². The van der Waals surface area contributed by atoms with Crippen molar-refractivity contribution in [2.75, 3.05) is 26.2 Å². The summed E-state index contributed by atoms with van der Waals surface area (Å²) < 4.78 is 5.87. The maximum absolute atomic E-state index is 12.1. The molecular formula is C22H33IN4O2. The molecule has 0 saturated carbocycles. The number of amides is 1. The Balaban J connectivity index is 0.00000300. The summed E-state index contributed by atoms with van der Waals surface area (Å²) in [5, 5.41) is 7.98. The topological polar surface area (TPSA) is 69.9 Å². The average molecular weight is 512 g/mol. The van der Waals surface area contributed by atoms with Gasteiger partial charge in [-0.25, -0.2) is 0 Å². The van der Waals surface area contributed by atoms with Crippen molar-refractivity contribution in [3.8, 4) is 0 Å². The fourth-order valence-electron chi connectivity index (χ4n) is 3.56. The van der Waals surface area contributed by atoms with Crippen LogP contribution in [0.3, 0.4) is 0 Å². The van der Waals surface area contributed by atoms with Crippen LogP contribution in [-0.4, -0.2) is 49.0 Å². The van der Waals surface area contributed by atoms with Crippen molar-refractivity contribution < 1.29 is 9.21 Å². The Bertz CT molecular complexity index is 777. The van der Waals surface area contributed by atoms with E-state index in [-0.39, 0.29) is 35.8 Å². The van der Waals surface area contributed by atoms with Crippen molar-refractivity contribution in [2.45, 2.75) is 46.1 Å². The number of rotatable bonds is 6. The molecule has 1 aliphatic heterocycles. The van der Waals surface area contributed by atoms with Crippen molar-refractivity contribution in [2.24, 2.45) is 10.9 Å². The van der Waals surface area contributed by atoms with Crippen LogP contribution in [-0.2, 0) is 11.2 Å². The van der Waals surface area contributed by atoms with E-state index in [1.807, 2.05) is 36.9 Å². The highest BCUT2D eigenvalue weighted by Crippen LogP contribution is 2.19. The molecule has 1 aliphatic rings. The van der Waals surface area contributed by atoms with E-state index < -0.39 is 0 Å². The van der Waals surface area contributed by atoms with E-state index in [1.54, 1.807) is 0 Å². The van der Waals surface area contributed by atoms with Gasteiger partial charge in [-0.05, 0) is 31.9 Å². The summed E-state index contributed by atoms with van der Waals surface area (Å²) >= 11 is 0. The number of piperidine rings is 1. The second-order valence-corrected chi connectivity index (χ2v) is 7.66. The van der Waals surface area contributed by atoms with E-state index in [9.17, 15) is 4.79 Å². The summed E-state index contributed by atoms with van der Waals surface area (Å²) in [5.41, 5.74) is 0.925. The van der Waals surface area contributed by atoms with Crippen LogP contribution in [0.2, 0.25) is 0 Å². The van der Waals surface area contributed by atoms with Gasteiger partial charge in [-0.15, -0.1) is 24.0 Å². The largest absolute Gasteiger partial charge is 0.461 e. The Kier molecular flexibility index (Phi) is 9.26. The summed E-state index contributed by atoms with van der Waals surface area (Å²) in [6.07, 6.45) is 2.67. The zero-order chi connectivity index (χ0) is 19.9. The molecule has 2 N–H and O–H groups in total. The van der Waals surface area contributed by atoms with Gasteiger partial charge >= 0.3 is 0 Å². The molecule has 0 unspecified atom stereocenters. The van der Waals surface area contributed by atoms with Gasteiger partial charge in [0.15, 0.2) is 5.96 Å². The van der Waals surface area contributed by atoms with Gasteiger partial charge in [0.05, 0.1) is 0 Å². The number of hydrogen-bond donors (Lipinski definition) is 2. The predicted molar refractivity (Wildman–Crippen MR) is 129 cm³/mol. The molecule has 1 amide bonds. The van der Waals surface area contributed by atoms with E-state index in [4.69, 9.17) is 9.41 Å². The van der Waals surface area contributed by atoms with Crippen LogP contribution < -0.4 is 10.6 Å². The molecule has 3 rings (SSSR count). The molecule has 0 bridgehead atoms. The molecule has 0 atom stereocenters. The van der Waals surface area contributed by atoms with E-state index >= 15 is 0 Å². The lowest BCUT2D eigenvalue weighted by Gasteiger charge is -2.34. The Labute approximate surface area is 190 Å². The third kappa shape index (κ3) is 6.62. The fourth-order valence-corrected chi connectivity index (χ4v) is 3.56. The maximum atomic E-state index is 12.1. The third-order valence-electron chi connectivity index (χ3n) is 5.09. The minimum atomic E-state index is 0. The van der Waals surface area contributed by atoms with Crippen molar-refractivity contribution >= 4 is 46.8 Å². The van der Waals surface area contributed by atoms with Gasteiger partial charge in [0.2, 0.25) is 5.91 Å². The molecule has 6 nitrogen and oxygen atoms in total. The second-order valence-electron chi connectivity index (χ2n) is 7.66. The minimum Gasteiger partial charge on any atom is -0.461 e. The number of fused-ring (bicyclic) bond motifs is 1. The molecule has 160 valence electrons. The molecule has 2 aromatic rings.